The Bertz CT molecular complexity index is 5060. The van der Waals surface area contributed by atoms with E-state index in [1.807, 2.05) is 54.6 Å². The van der Waals surface area contributed by atoms with Crippen LogP contribution in [-0.4, -0.2) is 23.7 Å². The second kappa shape index (κ2) is 19.3. The van der Waals surface area contributed by atoms with Crippen molar-refractivity contribution in [2.24, 2.45) is 0 Å². The molecule has 0 spiro atoms. The molecule has 0 aliphatic rings. The smallest absolute Gasteiger partial charge is 0.188 e. The summed E-state index contributed by atoms with van der Waals surface area (Å²) in [5.41, 5.74) is 20.3. The van der Waals surface area contributed by atoms with Gasteiger partial charge in [-0.15, -0.1) is 0 Å². The van der Waals surface area contributed by atoms with Gasteiger partial charge in [0.2, 0.25) is 0 Å². The second-order valence-corrected chi connectivity index (χ2v) is 20.6. The number of rotatable bonds is 8. The van der Waals surface area contributed by atoms with Crippen molar-refractivity contribution in [1.82, 2.24) is 23.7 Å². The lowest BCUT2D eigenvalue weighted by atomic mass is 9.98. The Morgan fingerprint density at radius 2 is 0.627 bits per heavy atom. The lowest BCUT2D eigenvalue weighted by Crippen LogP contribution is -1.96. The minimum absolute atomic E-state index is 0.543. The summed E-state index contributed by atoms with van der Waals surface area (Å²) < 4.78 is 6.99. The van der Waals surface area contributed by atoms with Gasteiger partial charge in [0.05, 0.1) is 80.9 Å². The third-order valence-corrected chi connectivity index (χ3v) is 16.0. The van der Waals surface area contributed by atoms with Crippen LogP contribution in [0.15, 0.2) is 249 Å². The van der Waals surface area contributed by atoms with Crippen molar-refractivity contribution >= 4 is 76.8 Å². The fourth-order valence-electron chi connectivity index (χ4n) is 11.9. The quantitative estimate of drug-likeness (QED) is 0.142. The molecule has 0 aliphatic carbocycles. The molecule has 4 aromatic heterocycles. The Kier molecular flexibility index (Phi) is 11.2. The van der Waals surface area contributed by atoms with Crippen molar-refractivity contribution in [1.29, 1.82) is 10.5 Å². The molecular weight excluding hydrogens is 1010 g/mol. The van der Waals surface area contributed by atoms with Gasteiger partial charge in [0, 0.05) is 55.3 Å². The van der Waals surface area contributed by atoms with E-state index in [0.29, 0.717) is 28.3 Å². The number of fused-ring (bicyclic) bond motifs is 9. The molecule has 0 saturated carbocycles. The van der Waals surface area contributed by atoms with Crippen LogP contribution in [0.5, 0.6) is 0 Å². The zero-order valence-corrected chi connectivity index (χ0v) is 44.2. The lowest BCUT2D eigenvalue weighted by Gasteiger charge is -2.12. The molecular formula is C74H41N9. The van der Waals surface area contributed by atoms with E-state index in [1.54, 1.807) is 24.3 Å². The van der Waals surface area contributed by atoms with Crippen LogP contribution in [0.2, 0.25) is 0 Å². The molecule has 9 nitrogen and oxygen atoms in total. The maximum atomic E-state index is 9.43. The fourth-order valence-corrected chi connectivity index (χ4v) is 11.9. The van der Waals surface area contributed by atoms with Gasteiger partial charge in [-0.3, -0.25) is 0 Å². The number of aromatic nitrogens is 5. The normalized spacial score (nSPS) is 11.3. The van der Waals surface area contributed by atoms with Crippen molar-refractivity contribution in [3.63, 3.8) is 0 Å². The Balaban J connectivity index is 0.788. The summed E-state index contributed by atoms with van der Waals surface area (Å²) >= 11 is 0. The maximum Gasteiger partial charge on any atom is 0.188 e. The molecule has 0 saturated heterocycles. The van der Waals surface area contributed by atoms with Crippen molar-refractivity contribution in [2.45, 2.75) is 0 Å². The van der Waals surface area contributed by atoms with E-state index in [0.717, 1.165) is 133 Å². The van der Waals surface area contributed by atoms with E-state index in [9.17, 15) is 10.5 Å². The summed E-state index contributed by atoms with van der Waals surface area (Å²) in [4.78, 5) is 17.5. The number of para-hydroxylation sites is 2. The van der Waals surface area contributed by atoms with Crippen LogP contribution >= 0.6 is 0 Å². The third-order valence-electron chi connectivity index (χ3n) is 16.0. The molecule has 11 aromatic carbocycles. The molecule has 0 unspecified atom stereocenters. The van der Waals surface area contributed by atoms with E-state index in [4.69, 9.17) is 23.1 Å². The maximum absolute atomic E-state index is 9.43. The Morgan fingerprint density at radius 3 is 1.05 bits per heavy atom. The van der Waals surface area contributed by atoms with Crippen LogP contribution in [0.1, 0.15) is 11.1 Å². The molecule has 0 fully saturated rings. The molecule has 0 bridgehead atoms. The van der Waals surface area contributed by atoms with Crippen LogP contribution in [0.3, 0.4) is 0 Å². The third kappa shape index (κ3) is 8.05. The van der Waals surface area contributed by atoms with Gasteiger partial charge in [0.15, 0.2) is 17.2 Å². The zero-order chi connectivity index (χ0) is 55.7. The highest BCUT2D eigenvalue weighted by atomic mass is 15.0. The standard InChI is InChI=1S/C74H41N9/c1-77-55-29-35-70-62(39-55)60-7-3-5-9-68(60)82(70)58-33-37-72-64(41-58)65-42-59(83-69-10-6-4-8-61(69)63-40-56(78-2)30-36-71(63)83)34-38-73(65)81(72)57-31-27-51(28-32-57)49-21-19-48(20-22-49)50-23-25-53(26-24-50)67-43-66(52-15-11-46(44-75)12-16-52)79-74(80-67)54-17-13-47(45-76)14-18-54/h3-43H. The molecule has 0 aliphatic heterocycles. The van der Waals surface area contributed by atoms with Gasteiger partial charge in [0.25, 0.3) is 0 Å². The van der Waals surface area contributed by atoms with E-state index < -0.39 is 0 Å². The van der Waals surface area contributed by atoms with E-state index in [2.05, 4.69) is 205 Å². The van der Waals surface area contributed by atoms with Crippen LogP contribution in [0.25, 0.3) is 148 Å². The number of hydrogen-bond acceptors (Lipinski definition) is 4. The van der Waals surface area contributed by atoms with Crippen LogP contribution in [0.4, 0.5) is 11.4 Å². The first kappa shape index (κ1) is 48.0. The minimum atomic E-state index is 0.543. The van der Waals surface area contributed by atoms with E-state index in [-0.39, 0.29) is 0 Å². The van der Waals surface area contributed by atoms with Crippen molar-refractivity contribution < 1.29 is 0 Å². The molecule has 0 N–H and O–H groups in total. The predicted molar refractivity (Wildman–Crippen MR) is 334 cm³/mol. The summed E-state index contributed by atoms with van der Waals surface area (Å²) in [6.45, 7) is 15.6. The summed E-state index contributed by atoms with van der Waals surface area (Å²) in [6.07, 6.45) is 0. The van der Waals surface area contributed by atoms with E-state index >= 15 is 0 Å². The first-order valence-electron chi connectivity index (χ1n) is 27.0. The molecule has 15 rings (SSSR count). The second-order valence-electron chi connectivity index (χ2n) is 20.6. The minimum Gasteiger partial charge on any atom is -0.309 e. The van der Waals surface area contributed by atoms with Crippen LogP contribution in [-0.2, 0) is 0 Å². The van der Waals surface area contributed by atoms with Crippen LogP contribution in [0, 0.1) is 35.8 Å². The highest BCUT2D eigenvalue weighted by Crippen LogP contribution is 2.41. The fraction of sp³-hybridized carbons (Fsp3) is 0. The average Bonchev–Trinajstić information content (AvgIpc) is 4.41. The van der Waals surface area contributed by atoms with Crippen molar-refractivity contribution in [2.75, 3.05) is 0 Å². The number of benzene rings is 11. The van der Waals surface area contributed by atoms with Crippen LogP contribution < -0.4 is 0 Å². The topological polar surface area (TPSA) is 96.9 Å². The van der Waals surface area contributed by atoms with Crippen molar-refractivity contribution in [3.8, 4) is 85.4 Å². The first-order chi connectivity index (χ1) is 40.9. The average molecular weight is 1060 g/mol. The lowest BCUT2D eigenvalue weighted by molar-refractivity contribution is 1.16. The summed E-state index contributed by atoms with van der Waals surface area (Å²) in [7, 11) is 0. The predicted octanol–water partition coefficient (Wildman–Crippen LogP) is 18.9. The van der Waals surface area contributed by atoms with Gasteiger partial charge >= 0.3 is 0 Å². The molecule has 15 aromatic rings. The van der Waals surface area contributed by atoms with Gasteiger partial charge < -0.3 is 13.7 Å². The van der Waals surface area contributed by atoms with Gasteiger partial charge in [-0.1, -0.05) is 121 Å². The molecule has 0 radical (unpaired) electrons. The first-order valence-corrected chi connectivity index (χ1v) is 27.0. The molecule has 4 heterocycles. The number of nitriles is 2. The monoisotopic (exact) mass is 1060 g/mol. The molecule has 0 atom stereocenters. The molecule has 83 heavy (non-hydrogen) atoms. The summed E-state index contributed by atoms with van der Waals surface area (Å²) in [5.74, 6) is 0.543. The van der Waals surface area contributed by atoms with Gasteiger partial charge in [-0.2, -0.15) is 10.5 Å². The Hall–Kier alpha value is -12.1. The molecule has 382 valence electrons. The Labute approximate surface area is 476 Å². The largest absolute Gasteiger partial charge is 0.309 e. The Morgan fingerprint density at radius 1 is 0.301 bits per heavy atom. The SMILES string of the molecule is [C-]#[N+]c1ccc2c(c1)c1ccccc1n2-c1ccc2c(c1)c1cc(-n3c4ccccc4c4cc([N+]#[C-])ccc43)ccc1n2-c1ccc(-c2ccc(-c3ccc(-c4cc(-c5ccc(C#N)cc5)nc(-c5ccc(C#N)cc5)n4)cc3)cc2)cc1. The summed E-state index contributed by atoms with van der Waals surface area (Å²) in [5, 5.41) is 25.3. The summed E-state index contributed by atoms with van der Waals surface area (Å²) in [6, 6.07) is 89.2. The van der Waals surface area contributed by atoms with Gasteiger partial charge in [-0.05, 0) is 160 Å². The highest BCUT2D eigenvalue weighted by molar-refractivity contribution is 6.14. The zero-order valence-electron chi connectivity index (χ0n) is 44.2. The number of nitrogens with zero attached hydrogens (tertiary/aromatic N) is 9. The number of hydrogen-bond donors (Lipinski definition) is 0. The van der Waals surface area contributed by atoms with Crippen molar-refractivity contribution in [3.05, 3.63) is 283 Å². The van der Waals surface area contributed by atoms with Gasteiger partial charge in [-0.25, -0.2) is 19.7 Å². The highest BCUT2D eigenvalue weighted by Gasteiger charge is 2.20. The molecule has 9 heteroatoms. The van der Waals surface area contributed by atoms with E-state index in [1.165, 1.54) is 0 Å². The van der Waals surface area contributed by atoms with Gasteiger partial charge in [0.1, 0.15) is 0 Å². The molecule has 0 amide bonds.